The highest BCUT2D eigenvalue weighted by Crippen LogP contribution is 2.26. The summed E-state index contributed by atoms with van der Waals surface area (Å²) in [5.41, 5.74) is 0.812. The van der Waals surface area contributed by atoms with E-state index in [-0.39, 0.29) is 5.69 Å². The number of hydrogen-bond acceptors (Lipinski definition) is 4. The molecule has 0 atom stereocenters. The number of hydrogen-bond donors (Lipinski definition) is 1. The summed E-state index contributed by atoms with van der Waals surface area (Å²) in [6, 6.07) is 1.97. The largest absolute Gasteiger partial charge is 0.343 e. The Labute approximate surface area is 104 Å². The molecule has 7 heteroatoms. The van der Waals surface area contributed by atoms with Gasteiger partial charge in [0.25, 0.3) is 0 Å². The molecule has 2 aromatic rings. The van der Waals surface area contributed by atoms with Crippen molar-refractivity contribution in [2.75, 3.05) is 0 Å². The first-order valence-corrected chi connectivity index (χ1v) is 6.10. The van der Waals surface area contributed by atoms with Crippen molar-refractivity contribution in [3.8, 4) is 0 Å². The molecule has 0 aliphatic heterocycles. The normalized spacial score (nSPS) is 10.7. The molecule has 1 N–H and O–H groups in total. The highest BCUT2D eigenvalue weighted by atomic mass is 79.9. The van der Waals surface area contributed by atoms with E-state index in [0.29, 0.717) is 5.16 Å². The van der Waals surface area contributed by atoms with E-state index in [4.69, 9.17) is 0 Å². The predicted molar refractivity (Wildman–Crippen MR) is 64.6 cm³/mol. The van der Waals surface area contributed by atoms with E-state index in [0.717, 1.165) is 15.1 Å². The molecule has 2 rings (SSSR count). The molecule has 2 aromatic heterocycles. The lowest BCUT2D eigenvalue weighted by Crippen LogP contribution is -2.12. The van der Waals surface area contributed by atoms with Crippen molar-refractivity contribution in [1.29, 1.82) is 0 Å². The van der Waals surface area contributed by atoms with E-state index < -0.39 is 0 Å². The summed E-state index contributed by atoms with van der Waals surface area (Å²) in [6.45, 7) is 1.96. The maximum atomic E-state index is 11.2. The van der Waals surface area contributed by atoms with Crippen LogP contribution < -0.4 is 5.69 Å². The molecule has 0 bridgehead atoms. The third-order valence-electron chi connectivity index (χ3n) is 2.02. The Morgan fingerprint density at radius 2 is 2.31 bits per heavy atom. The smallest absolute Gasteiger partial charge is 0.273 e. The fourth-order valence-electron chi connectivity index (χ4n) is 1.15. The summed E-state index contributed by atoms with van der Waals surface area (Å²) in [6.07, 6.45) is 1.72. The first kappa shape index (κ1) is 11.4. The van der Waals surface area contributed by atoms with Crippen molar-refractivity contribution in [2.45, 2.75) is 17.1 Å². The molecule has 0 fully saturated rings. The summed E-state index contributed by atoms with van der Waals surface area (Å²) in [7, 11) is 1.67. The van der Waals surface area contributed by atoms with Gasteiger partial charge in [-0.1, -0.05) is 0 Å². The zero-order valence-electron chi connectivity index (χ0n) is 8.69. The van der Waals surface area contributed by atoms with Gasteiger partial charge in [-0.05, 0) is 46.2 Å². The minimum Gasteiger partial charge on any atom is -0.273 e. The predicted octanol–water partition coefficient (Wildman–Crippen LogP) is 1.73. The molecule has 16 heavy (non-hydrogen) atoms. The monoisotopic (exact) mass is 300 g/mol. The molecule has 0 spiro atoms. The maximum absolute atomic E-state index is 11.2. The number of rotatable bonds is 2. The second-order valence-corrected chi connectivity index (χ2v) is 5.12. The second-order valence-electron chi connectivity index (χ2n) is 3.25. The fraction of sp³-hybridized carbons (Fsp3) is 0.222. The van der Waals surface area contributed by atoms with Crippen LogP contribution in [0.15, 0.2) is 31.7 Å². The van der Waals surface area contributed by atoms with Gasteiger partial charge >= 0.3 is 5.69 Å². The Morgan fingerprint density at radius 3 is 2.88 bits per heavy atom. The maximum Gasteiger partial charge on any atom is 0.343 e. The van der Waals surface area contributed by atoms with Gasteiger partial charge in [0.1, 0.15) is 5.03 Å². The Bertz CT molecular complexity index is 577. The van der Waals surface area contributed by atoms with Gasteiger partial charge in [0.05, 0.1) is 0 Å². The highest BCUT2D eigenvalue weighted by Gasteiger charge is 2.09. The van der Waals surface area contributed by atoms with Crippen LogP contribution >= 0.6 is 27.7 Å². The van der Waals surface area contributed by atoms with Crippen LogP contribution in [0.3, 0.4) is 0 Å². The highest BCUT2D eigenvalue weighted by molar-refractivity contribution is 9.10. The third kappa shape index (κ3) is 2.19. The quantitative estimate of drug-likeness (QED) is 0.917. The van der Waals surface area contributed by atoms with Crippen LogP contribution in [0.1, 0.15) is 5.56 Å². The number of nitrogens with one attached hydrogen (secondary N) is 1. The van der Waals surface area contributed by atoms with Crippen molar-refractivity contribution in [2.24, 2.45) is 7.05 Å². The standard InChI is InChI=1S/C9H9BrN4OS/c1-5-3-6(10)4-11-7(5)16-9-13-12-8(15)14(9)2/h3-4H,1-2H3,(H,12,15). The molecule has 5 nitrogen and oxygen atoms in total. The Morgan fingerprint density at radius 1 is 1.56 bits per heavy atom. The first-order valence-electron chi connectivity index (χ1n) is 4.49. The molecular weight excluding hydrogens is 292 g/mol. The molecule has 0 aliphatic carbocycles. The summed E-state index contributed by atoms with van der Waals surface area (Å²) >= 11 is 4.71. The molecule has 0 aromatic carbocycles. The van der Waals surface area contributed by atoms with Crippen LogP contribution in [0.5, 0.6) is 0 Å². The zero-order valence-corrected chi connectivity index (χ0v) is 11.1. The molecule has 0 unspecified atom stereocenters. The van der Waals surface area contributed by atoms with Crippen molar-refractivity contribution in [1.82, 2.24) is 19.7 Å². The summed E-state index contributed by atoms with van der Waals surface area (Å²) in [5, 5.41) is 7.74. The van der Waals surface area contributed by atoms with Crippen molar-refractivity contribution in [3.63, 3.8) is 0 Å². The van der Waals surface area contributed by atoms with Crippen molar-refractivity contribution < 1.29 is 0 Å². The van der Waals surface area contributed by atoms with E-state index in [9.17, 15) is 4.79 Å². The Hall–Kier alpha value is -1.08. The van der Waals surface area contributed by atoms with Crippen molar-refractivity contribution >= 4 is 27.7 Å². The molecule has 0 radical (unpaired) electrons. The van der Waals surface area contributed by atoms with Gasteiger partial charge in [-0.15, -0.1) is 5.10 Å². The van der Waals surface area contributed by atoms with E-state index in [1.54, 1.807) is 13.2 Å². The lowest BCUT2D eigenvalue weighted by Gasteiger charge is -2.03. The van der Waals surface area contributed by atoms with E-state index in [1.807, 2.05) is 13.0 Å². The van der Waals surface area contributed by atoms with Crippen LogP contribution in [0.25, 0.3) is 0 Å². The minimum atomic E-state index is -0.225. The number of aryl methyl sites for hydroxylation is 1. The Kier molecular flexibility index (Phi) is 3.15. The van der Waals surface area contributed by atoms with E-state index in [1.165, 1.54) is 16.3 Å². The van der Waals surface area contributed by atoms with Gasteiger partial charge in [0, 0.05) is 17.7 Å². The molecule has 0 saturated heterocycles. The van der Waals surface area contributed by atoms with Crippen molar-refractivity contribution in [3.05, 3.63) is 32.8 Å². The third-order valence-corrected chi connectivity index (χ3v) is 3.63. The summed E-state index contributed by atoms with van der Waals surface area (Å²) in [5.74, 6) is 0. The molecule has 0 aliphatic rings. The number of pyridine rings is 1. The lowest BCUT2D eigenvalue weighted by atomic mass is 10.3. The molecule has 0 saturated carbocycles. The molecule has 84 valence electrons. The first-order chi connectivity index (χ1) is 7.58. The molecular formula is C9H9BrN4OS. The van der Waals surface area contributed by atoms with Crippen LogP contribution in [0, 0.1) is 6.92 Å². The second kappa shape index (κ2) is 4.42. The number of H-pyrrole nitrogens is 1. The van der Waals surface area contributed by atoms with Gasteiger partial charge < -0.3 is 0 Å². The van der Waals surface area contributed by atoms with Crippen LogP contribution in [-0.4, -0.2) is 19.7 Å². The van der Waals surface area contributed by atoms with Gasteiger partial charge in [-0.3, -0.25) is 4.57 Å². The summed E-state index contributed by atoms with van der Waals surface area (Å²) < 4.78 is 2.39. The minimum absolute atomic E-state index is 0.225. The molecule has 0 amide bonds. The van der Waals surface area contributed by atoms with Crippen LogP contribution in [-0.2, 0) is 7.05 Å². The van der Waals surface area contributed by atoms with Crippen LogP contribution in [0.4, 0.5) is 0 Å². The van der Waals surface area contributed by atoms with E-state index in [2.05, 4.69) is 31.1 Å². The van der Waals surface area contributed by atoms with E-state index >= 15 is 0 Å². The zero-order chi connectivity index (χ0) is 11.7. The number of halogens is 1. The van der Waals surface area contributed by atoms with Gasteiger partial charge in [-0.25, -0.2) is 14.9 Å². The van der Waals surface area contributed by atoms with Gasteiger partial charge in [-0.2, -0.15) is 0 Å². The van der Waals surface area contributed by atoms with Gasteiger partial charge in [0.15, 0.2) is 5.16 Å². The Balaban J connectivity index is 2.34. The molecule has 2 heterocycles. The SMILES string of the molecule is Cc1cc(Br)cnc1Sc1n[nH]c(=O)n1C. The average molecular weight is 301 g/mol. The summed E-state index contributed by atoms with van der Waals surface area (Å²) in [4.78, 5) is 15.4. The topological polar surface area (TPSA) is 63.6 Å². The lowest BCUT2D eigenvalue weighted by molar-refractivity contribution is 0.764. The number of aromatic amines is 1. The number of aromatic nitrogens is 4. The van der Waals surface area contributed by atoms with Crippen LogP contribution in [0.2, 0.25) is 0 Å². The number of nitrogens with zero attached hydrogens (tertiary/aromatic N) is 3. The van der Waals surface area contributed by atoms with Gasteiger partial charge in [0.2, 0.25) is 0 Å². The fourth-order valence-corrected chi connectivity index (χ4v) is 2.40. The average Bonchev–Trinajstić information content (AvgIpc) is 2.54.